The monoisotopic (exact) mass is 281 g/mol. The molecule has 18 heavy (non-hydrogen) atoms. The van der Waals surface area contributed by atoms with E-state index in [1.165, 1.54) is 22.0 Å². The molecule has 1 atom stereocenters. The molecule has 0 aliphatic heterocycles. The van der Waals surface area contributed by atoms with Gasteiger partial charge in [0, 0.05) is 0 Å². The summed E-state index contributed by atoms with van der Waals surface area (Å²) in [6, 6.07) is 2.43. The second-order valence-electron chi connectivity index (χ2n) is 4.62. The van der Waals surface area contributed by atoms with Gasteiger partial charge in [-0.3, -0.25) is 0 Å². The summed E-state index contributed by atoms with van der Waals surface area (Å²) in [5.74, 6) is 0.420. The Labute approximate surface area is 116 Å². The van der Waals surface area contributed by atoms with Gasteiger partial charge >= 0.3 is 0 Å². The van der Waals surface area contributed by atoms with Crippen molar-refractivity contribution in [2.45, 2.75) is 39.2 Å². The highest BCUT2D eigenvalue weighted by molar-refractivity contribution is 7.08. The van der Waals surface area contributed by atoms with Crippen LogP contribution < -0.4 is 5.32 Å². The van der Waals surface area contributed by atoms with Gasteiger partial charge in [-0.1, -0.05) is 25.3 Å². The molecule has 0 fully saturated rings. The van der Waals surface area contributed by atoms with Crippen LogP contribution >= 0.6 is 22.9 Å². The Balaban J connectivity index is 2.31. The average molecular weight is 281 g/mol. The first-order valence-corrected chi connectivity index (χ1v) is 8.03. The summed E-state index contributed by atoms with van der Waals surface area (Å²) in [4.78, 5) is 1.26. The quantitative estimate of drug-likeness (QED) is 0.875. The molecule has 0 aromatic carbocycles. The van der Waals surface area contributed by atoms with E-state index in [2.05, 4.69) is 52.5 Å². The van der Waals surface area contributed by atoms with Crippen molar-refractivity contribution in [3.05, 3.63) is 33.0 Å². The van der Waals surface area contributed by atoms with Crippen molar-refractivity contribution in [3.8, 4) is 0 Å². The predicted molar refractivity (Wildman–Crippen MR) is 78.5 cm³/mol. The Hall–Kier alpha value is -0.780. The molecule has 0 spiro atoms. The van der Waals surface area contributed by atoms with Gasteiger partial charge in [0.2, 0.25) is 0 Å². The van der Waals surface area contributed by atoms with Crippen LogP contribution in [0.25, 0.3) is 0 Å². The maximum absolute atomic E-state index is 4.29. The molecule has 1 unspecified atom stereocenters. The Morgan fingerprint density at radius 2 is 2.22 bits per heavy atom. The van der Waals surface area contributed by atoms with Gasteiger partial charge in [-0.2, -0.15) is 11.3 Å². The van der Waals surface area contributed by atoms with Crippen LogP contribution in [0.15, 0.2) is 16.8 Å². The molecule has 0 radical (unpaired) electrons. The molecule has 2 rings (SSSR count). The van der Waals surface area contributed by atoms with Crippen molar-refractivity contribution in [2.75, 3.05) is 6.54 Å². The molecule has 5 heteroatoms. The molecule has 2 aromatic rings. The zero-order chi connectivity index (χ0) is 13.0. The van der Waals surface area contributed by atoms with Gasteiger partial charge in [-0.25, -0.2) is 0 Å². The molecule has 0 amide bonds. The van der Waals surface area contributed by atoms with Crippen molar-refractivity contribution >= 4 is 22.9 Å². The highest BCUT2D eigenvalue weighted by Crippen LogP contribution is 2.31. The summed E-state index contributed by atoms with van der Waals surface area (Å²) in [6.45, 7) is 7.54. The molecular weight excluding hydrogens is 262 g/mol. The maximum Gasteiger partial charge on any atom is 0.0832 e. The van der Waals surface area contributed by atoms with Crippen molar-refractivity contribution < 1.29 is 0 Å². The number of hydrogen-bond acceptors (Lipinski definition) is 5. The second kappa shape index (κ2) is 6.41. The standard InChI is InChI=1S/C13H19N3S2/c1-4-6-14-12(10-5-7-17-8-10)13-11(9(2)3)15-16-18-13/h5,7-9,12,14H,4,6H2,1-3H3. The van der Waals surface area contributed by atoms with Gasteiger partial charge < -0.3 is 5.32 Å². The van der Waals surface area contributed by atoms with Crippen LogP contribution in [0.2, 0.25) is 0 Å². The summed E-state index contributed by atoms with van der Waals surface area (Å²) in [6.07, 6.45) is 1.13. The Morgan fingerprint density at radius 3 is 2.83 bits per heavy atom. The number of rotatable bonds is 6. The fraction of sp³-hybridized carbons (Fsp3) is 0.538. The van der Waals surface area contributed by atoms with E-state index in [1.807, 2.05) is 0 Å². The normalized spacial score (nSPS) is 13.1. The molecule has 98 valence electrons. The predicted octanol–water partition coefficient (Wildman–Crippen LogP) is 3.81. The third-order valence-electron chi connectivity index (χ3n) is 2.82. The number of aromatic nitrogens is 2. The van der Waals surface area contributed by atoms with Crippen LogP contribution in [0.5, 0.6) is 0 Å². The van der Waals surface area contributed by atoms with Gasteiger partial charge in [-0.05, 0) is 52.8 Å². The molecular formula is C13H19N3S2. The van der Waals surface area contributed by atoms with E-state index in [1.54, 1.807) is 11.3 Å². The lowest BCUT2D eigenvalue weighted by atomic mass is 10.0. The number of thiophene rings is 1. The maximum atomic E-state index is 4.29. The topological polar surface area (TPSA) is 37.8 Å². The van der Waals surface area contributed by atoms with Crippen LogP contribution in [0.3, 0.4) is 0 Å². The van der Waals surface area contributed by atoms with E-state index in [0.29, 0.717) is 5.92 Å². The summed E-state index contributed by atoms with van der Waals surface area (Å²) in [7, 11) is 0. The van der Waals surface area contributed by atoms with E-state index in [-0.39, 0.29) is 6.04 Å². The van der Waals surface area contributed by atoms with E-state index in [0.717, 1.165) is 18.7 Å². The first-order chi connectivity index (χ1) is 8.74. The summed E-state index contributed by atoms with van der Waals surface area (Å²) in [5, 5.41) is 12.2. The van der Waals surface area contributed by atoms with Crippen LogP contribution in [0, 0.1) is 0 Å². The van der Waals surface area contributed by atoms with Gasteiger partial charge in [0.15, 0.2) is 0 Å². The Kier molecular flexibility index (Phi) is 4.86. The molecule has 1 N–H and O–H groups in total. The van der Waals surface area contributed by atoms with Crippen LogP contribution in [-0.4, -0.2) is 16.1 Å². The second-order valence-corrected chi connectivity index (χ2v) is 6.19. The van der Waals surface area contributed by atoms with Crippen molar-refractivity contribution in [1.82, 2.24) is 14.9 Å². The molecule has 3 nitrogen and oxygen atoms in total. The molecule has 0 aliphatic rings. The number of nitrogens with one attached hydrogen (secondary N) is 1. The average Bonchev–Trinajstić information content (AvgIpc) is 3.00. The molecule has 2 aromatic heterocycles. The van der Waals surface area contributed by atoms with Crippen LogP contribution in [0.4, 0.5) is 0 Å². The minimum absolute atomic E-state index is 0.244. The van der Waals surface area contributed by atoms with Gasteiger partial charge in [0.05, 0.1) is 16.6 Å². The smallest absolute Gasteiger partial charge is 0.0832 e. The van der Waals surface area contributed by atoms with E-state index in [9.17, 15) is 0 Å². The first-order valence-electron chi connectivity index (χ1n) is 6.31. The highest BCUT2D eigenvalue weighted by Gasteiger charge is 2.22. The van der Waals surface area contributed by atoms with E-state index >= 15 is 0 Å². The van der Waals surface area contributed by atoms with Crippen molar-refractivity contribution in [1.29, 1.82) is 0 Å². The molecule has 0 saturated carbocycles. The number of nitrogens with zero attached hydrogens (tertiary/aromatic N) is 2. The minimum Gasteiger partial charge on any atom is -0.305 e. The van der Waals surface area contributed by atoms with Gasteiger partial charge in [0.1, 0.15) is 0 Å². The van der Waals surface area contributed by atoms with E-state index in [4.69, 9.17) is 0 Å². The fourth-order valence-corrected chi connectivity index (χ4v) is 3.49. The molecule has 0 bridgehead atoms. The third kappa shape index (κ3) is 2.96. The van der Waals surface area contributed by atoms with Crippen molar-refractivity contribution in [2.24, 2.45) is 0 Å². The van der Waals surface area contributed by atoms with Gasteiger partial charge in [-0.15, -0.1) is 5.10 Å². The van der Waals surface area contributed by atoms with E-state index < -0.39 is 0 Å². The van der Waals surface area contributed by atoms with Crippen molar-refractivity contribution in [3.63, 3.8) is 0 Å². The zero-order valence-electron chi connectivity index (χ0n) is 11.0. The fourth-order valence-electron chi connectivity index (χ4n) is 1.89. The van der Waals surface area contributed by atoms with Gasteiger partial charge in [0.25, 0.3) is 0 Å². The lowest BCUT2D eigenvalue weighted by molar-refractivity contribution is 0.597. The molecule has 2 heterocycles. The molecule has 0 saturated heterocycles. The summed E-state index contributed by atoms with van der Waals surface area (Å²) >= 11 is 3.25. The Bertz CT molecular complexity index is 462. The largest absolute Gasteiger partial charge is 0.305 e. The van der Waals surface area contributed by atoms with Crippen LogP contribution in [-0.2, 0) is 0 Å². The summed E-state index contributed by atoms with van der Waals surface area (Å²) in [5.41, 5.74) is 2.45. The lowest BCUT2D eigenvalue weighted by Gasteiger charge is -2.17. The Morgan fingerprint density at radius 1 is 1.39 bits per heavy atom. The highest BCUT2D eigenvalue weighted by atomic mass is 32.1. The zero-order valence-corrected chi connectivity index (χ0v) is 12.6. The minimum atomic E-state index is 0.244. The third-order valence-corrected chi connectivity index (χ3v) is 4.33. The molecule has 0 aliphatic carbocycles. The first kappa shape index (κ1) is 13.6. The SMILES string of the molecule is CCCNC(c1ccsc1)c1snnc1C(C)C. The van der Waals surface area contributed by atoms with Crippen LogP contribution in [0.1, 0.15) is 55.3 Å². The number of hydrogen-bond donors (Lipinski definition) is 1. The lowest BCUT2D eigenvalue weighted by Crippen LogP contribution is -2.23. The summed E-state index contributed by atoms with van der Waals surface area (Å²) < 4.78 is 4.14.